The topological polar surface area (TPSA) is 32.7 Å². The minimum absolute atomic E-state index is 0.00217. The molecule has 0 N–H and O–H groups in total. The molecule has 33 heavy (non-hydrogen) atoms. The highest BCUT2D eigenvalue weighted by atomic mass is 79.9. The van der Waals surface area contributed by atoms with Crippen molar-refractivity contribution >= 4 is 33.6 Å². The number of hydrazone groups is 1. The van der Waals surface area contributed by atoms with E-state index in [-0.39, 0.29) is 29.5 Å². The van der Waals surface area contributed by atoms with E-state index >= 15 is 0 Å². The molecular formula is C27H21BrF2N2O. The number of allylic oxidation sites excluding steroid dienone is 1. The predicted molar refractivity (Wildman–Crippen MR) is 129 cm³/mol. The van der Waals surface area contributed by atoms with Gasteiger partial charge >= 0.3 is 0 Å². The summed E-state index contributed by atoms with van der Waals surface area (Å²) in [6, 6.07) is 19.6. The van der Waals surface area contributed by atoms with E-state index in [9.17, 15) is 13.6 Å². The molecule has 0 spiro atoms. The van der Waals surface area contributed by atoms with Crippen LogP contribution in [0, 0.1) is 17.6 Å². The summed E-state index contributed by atoms with van der Waals surface area (Å²) in [6.07, 6.45) is 4.69. The molecule has 1 aliphatic heterocycles. The first-order valence-corrected chi connectivity index (χ1v) is 11.7. The maximum absolute atomic E-state index is 13.7. The molecule has 0 aromatic heterocycles. The molecule has 5 rings (SSSR count). The van der Waals surface area contributed by atoms with Crippen molar-refractivity contribution in [2.24, 2.45) is 11.0 Å². The first-order chi connectivity index (χ1) is 16.0. The number of halogens is 3. The Hall–Kier alpha value is -3.12. The average molecular weight is 507 g/mol. The molecule has 1 heterocycles. The van der Waals surface area contributed by atoms with Crippen LogP contribution in [-0.2, 0) is 0 Å². The summed E-state index contributed by atoms with van der Waals surface area (Å²) in [4.78, 5) is 13.6. The number of rotatable bonds is 3. The fourth-order valence-electron chi connectivity index (χ4n) is 4.68. The van der Waals surface area contributed by atoms with Gasteiger partial charge in [-0.05, 0) is 94.4 Å². The molecule has 1 amide bonds. The van der Waals surface area contributed by atoms with Crippen LogP contribution in [0.5, 0.6) is 0 Å². The molecule has 1 fully saturated rings. The third-order valence-electron chi connectivity index (χ3n) is 6.24. The smallest absolute Gasteiger partial charge is 0.267 e. The van der Waals surface area contributed by atoms with Gasteiger partial charge in [0.15, 0.2) is 0 Å². The quantitative estimate of drug-likeness (QED) is 0.370. The molecule has 0 radical (unpaired) electrons. The van der Waals surface area contributed by atoms with Gasteiger partial charge in [0, 0.05) is 10.4 Å². The second-order valence-electron chi connectivity index (χ2n) is 8.33. The van der Waals surface area contributed by atoms with Gasteiger partial charge in [-0.2, -0.15) is 5.10 Å². The number of nitrogens with zero attached hydrogens (tertiary/aromatic N) is 2. The third-order valence-corrected chi connectivity index (χ3v) is 6.93. The average Bonchev–Trinajstić information content (AvgIpc) is 3.22. The van der Waals surface area contributed by atoms with Crippen molar-refractivity contribution in [2.45, 2.75) is 25.3 Å². The van der Waals surface area contributed by atoms with Gasteiger partial charge < -0.3 is 0 Å². The van der Waals surface area contributed by atoms with Gasteiger partial charge in [-0.3, -0.25) is 4.79 Å². The normalized spacial score (nSPS) is 21.1. The lowest BCUT2D eigenvalue weighted by atomic mass is 9.77. The van der Waals surface area contributed by atoms with Gasteiger partial charge in [-0.15, -0.1) is 0 Å². The van der Waals surface area contributed by atoms with Crippen molar-refractivity contribution in [3.63, 3.8) is 0 Å². The summed E-state index contributed by atoms with van der Waals surface area (Å²) in [7, 11) is 0. The van der Waals surface area contributed by atoms with Crippen LogP contribution in [0.1, 0.15) is 46.8 Å². The highest BCUT2D eigenvalue weighted by Crippen LogP contribution is 2.45. The zero-order valence-corrected chi connectivity index (χ0v) is 19.3. The third kappa shape index (κ3) is 4.27. The molecule has 1 saturated carbocycles. The summed E-state index contributed by atoms with van der Waals surface area (Å²) in [5.74, 6) is -0.803. The number of carbonyl (C=O) groups excluding carboxylic acids is 1. The lowest BCUT2D eigenvalue weighted by molar-refractivity contribution is 0.0680. The second-order valence-corrected chi connectivity index (χ2v) is 9.19. The van der Waals surface area contributed by atoms with Crippen LogP contribution in [0.2, 0.25) is 0 Å². The molecule has 3 aromatic carbocycles. The summed E-state index contributed by atoms with van der Waals surface area (Å²) >= 11 is 3.48. The number of hydrogen-bond donors (Lipinski definition) is 0. The molecule has 6 heteroatoms. The maximum Gasteiger partial charge on any atom is 0.275 e. The van der Waals surface area contributed by atoms with Crippen LogP contribution in [0.3, 0.4) is 0 Å². The maximum atomic E-state index is 13.7. The van der Waals surface area contributed by atoms with Gasteiger partial charge in [0.1, 0.15) is 11.6 Å². The van der Waals surface area contributed by atoms with Crippen LogP contribution in [0.4, 0.5) is 8.78 Å². The minimum Gasteiger partial charge on any atom is -0.267 e. The van der Waals surface area contributed by atoms with Crippen LogP contribution in [-0.4, -0.2) is 16.6 Å². The van der Waals surface area contributed by atoms with Crippen LogP contribution >= 0.6 is 15.9 Å². The molecular weight excluding hydrogens is 486 g/mol. The Bertz CT molecular complexity index is 1250. The fraction of sp³-hybridized carbons (Fsp3) is 0.185. The number of hydrogen-bond acceptors (Lipinski definition) is 2. The van der Waals surface area contributed by atoms with E-state index in [4.69, 9.17) is 5.10 Å². The van der Waals surface area contributed by atoms with Gasteiger partial charge in [0.05, 0.1) is 17.3 Å². The Morgan fingerprint density at radius 1 is 0.970 bits per heavy atom. The summed E-state index contributed by atoms with van der Waals surface area (Å²) in [5, 5.41) is 6.40. The van der Waals surface area contributed by atoms with E-state index in [0.29, 0.717) is 10.0 Å². The summed E-state index contributed by atoms with van der Waals surface area (Å²) in [6.45, 7) is 0. The zero-order chi connectivity index (χ0) is 22.9. The Labute approximate surface area is 199 Å². The van der Waals surface area contributed by atoms with Crippen LogP contribution < -0.4 is 0 Å². The van der Waals surface area contributed by atoms with Crippen LogP contribution in [0.25, 0.3) is 6.08 Å². The van der Waals surface area contributed by atoms with Crippen molar-refractivity contribution < 1.29 is 13.6 Å². The van der Waals surface area contributed by atoms with Gasteiger partial charge in [0.2, 0.25) is 0 Å². The lowest BCUT2D eigenvalue weighted by Crippen LogP contribution is -2.32. The number of benzene rings is 3. The van der Waals surface area contributed by atoms with E-state index < -0.39 is 0 Å². The standard InChI is InChI=1S/C27H21BrF2N2O/c28-24-7-2-1-5-22(24)27(33)32-26(18-10-14-21(30)15-11-18)23-6-3-4-19(25(23)31-32)16-17-8-12-20(29)13-9-17/h1-2,5,7-16,23,26H,3-4,6H2/b19-16+. The van der Waals surface area contributed by atoms with Crippen molar-refractivity contribution in [3.05, 3.63) is 111 Å². The molecule has 3 nitrogen and oxygen atoms in total. The highest BCUT2D eigenvalue weighted by molar-refractivity contribution is 9.10. The number of carbonyl (C=O) groups is 1. The van der Waals surface area contributed by atoms with Gasteiger partial charge in [-0.1, -0.05) is 36.4 Å². The molecule has 2 unspecified atom stereocenters. The Balaban J connectivity index is 1.59. The Kier molecular flexibility index (Phi) is 5.94. The van der Waals surface area contributed by atoms with E-state index in [2.05, 4.69) is 15.9 Å². The second kappa shape index (κ2) is 9.02. The lowest BCUT2D eigenvalue weighted by Gasteiger charge is -2.29. The van der Waals surface area contributed by atoms with Crippen molar-refractivity contribution in [3.8, 4) is 0 Å². The Morgan fingerprint density at radius 2 is 1.64 bits per heavy atom. The summed E-state index contributed by atoms with van der Waals surface area (Å²) < 4.78 is 27.7. The predicted octanol–water partition coefficient (Wildman–Crippen LogP) is 7.16. The minimum atomic E-state index is -0.322. The van der Waals surface area contributed by atoms with Crippen molar-refractivity contribution in [1.82, 2.24) is 5.01 Å². The van der Waals surface area contributed by atoms with Gasteiger partial charge in [0.25, 0.3) is 5.91 Å². The van der Waals surface area contributed by atoms with E-state index in [0.717, 1.165) is 41.7 Å². The van der Waals surface area contributed by atoms with Crippen LogP contribution in [0.15, 0.2) is 87.9 Å². The number of fused-ring (bicyclic) bond motifs is 1. The first kappa shape index (κ1) is 21.7. The molecule has 2 aliphatic rings. The van der Waals surface area contributed by atoms with E-state index in [1.54, 1.807) is 35.3 Å². The number of amides is 1. The fourth-order valence-corrected chi connectivity index (χ4v) is 5.13. The highest BCUT2D eigenvalue weighted by Gasteiger charge is 2.44. The molecule has 166 valence electrons. The molecule has 1 aliphatic carbocycles. The van der Waals surface area contributed by atoms with E-state index in [1.807, 2.05) is 24.3 Å². The van der Waals surface area contributed by atoms with Crippen molar-refractivity contribution in [2.75, 3.05) is 0 Å². The largest absolute Gasteiger partial charge is 0.275 e. The van der Waals surface area contributed by atoms with Gasteiger partial charge in [-0.25, -0.2) is 13.8 Å². The molecule has 2 atom stereocenters. The SMILES string of the molecule is O=C(c1ccccc1Br)N1N=C2/C(=C/c3ccc(F)cc3)CCCC2C1c1ccc(F)cc1. The Morgan fingerprint density at radius 3 is 2.33 bits per heavy atom. The first-order valence-electron chi connectivity index (χ1n) is 10.9. The molecule has 0 saturated heterocycles. The monoisotopic (exact) mass is 506 g/mol. The van der Waals surface area contributed by atoms with Crippen molar-refractivity contribution in [1.29, 1.82) is 0 Å². The molecule has 3 aromatic rings. The summed E-state index contributed by atoms with van der Waals surface area (Å²) in [5.41, 5.74) is 4.19. The van der Waals surface area contributed by atoms with E-state index in [1.165, 1.54) is 24.3 Å². The zero-order valence-electron chi connectivity index (χ0n) is 17.7. The molecule has 0 bridgehead atoms.